The van der Waals surface area contributed by atoms with Crippen molar-refractivity contribution in [1.82, 2.24) is 19.8 Å². The summed E-state index contributed by atoms with van der Waals surface area (Å²) in [6.07, 6.45) is -3.70. The van der Waals surface area contributed by atoms with Gasteiger partial charge in [-0.3, -0.25) is 4.79 Å². The summed E-state index contributed by atoms with van der Waals surface area (Å²) < 4.78 is 44.6. The van der Waals surface area contributed by atoms with Gasteiger partial charge in [-0.2, -0.15) is 17.7 Å². The van der Waals surface area contributed by atoms with Crippen LogP contribution in [0.25, 0.3) is 5.65 Å². The number of aromatic nitrogens is 4. The number of piperidine rings is 1. The fourth-order valence-corrected chi connectivity index (χ4v) is 4.15. The second-order valence-corrected chi connectivity index (χ2v) is 7.80. The number of halogens is 3. The third-order valence-corrected chi connectivity index (χ3v) is 5.88. The zero-order valence-electron chi connectivity index (χ0n) is 16.2. The van der Waals surface area contributed by atoms with E-state index in [1.807, 2.05) is 4.90 Å². The van der Waals surface area contributed by atoms with Crippen LogP contribution in [0.4, 0.5) is 24.7 Å². The minimum absolute atomic E-state index is 0.00233. The lowest BCUT2D eigenvalue weighted by atomic mass is 9.96. The van der Waals surface area contributed by atoms with Gasteiger partial charge in [0, 0.05) is 19.0 Å². The minimum Gasteiger partial charge on any atom is -0.465 e. The Morgan fingerprint density at radius 2 is 1.94 bits per heavy atom. The lowest BCUT2D eigenvalue weighted by Gasteiger charge is -2.32. The molecule has 13 heteroatoms. The average molecular weight is 454 g/mol. The van der Waals surface area contributed by atoms with Gasteiger partial charge in [-0.25, -0.2) is 4.79 Å². The van der Waals surface area contributed by atoms with E-state index < -0.39 is 18.0 Å². The van der Waals surface area contributed by atoms with E-state index in [0.717, 1.165) is 0 Å². The molecule has 4 heterocycles. The molecule has 3 aromatic heterocycles. The molecule has 0 atom stereocenters. The Labute approximate surface area is 177 Å². The van der Waals surface area contributed by atoms with Crippen LogP contribution in [-0.4, -0.2) is 51.9 Å². The number of hydrogen-bond acceptors (Lipinski definition) is 8. The monoisotopic (exact) mass is 454 g/mol. The first-order valence-corrected chi connectivity index (χ1v) is 10.2. The van der Waals surface area contributed by atoms with Gasteiger partial charge in [0.15, 0.2) is 5.65 Å². The molecule has 1 aliphatic rings. The van der Waals surface area contributed by atoms with Crippen LogP contribution >= 0.6 is 11.3 Å². The van der Waals surface area contributed by atoms with Crippen LogP contribution in [0, 0.1) is 5.92 Å². The predicted octanol–water partition coefficient (Wildman–Crippen LogP) is 2.85. The second kappa shape index (κ2) is 8.13. The maximum atomic E-state index is 13.1. The molecular formula is C18H17F3N6O3S. The minimum atomic E-state index is -4.67. The Kier molecular flexibility index (Phi) is 5.52. The van der Waals surface area contributed by atoms with Crippen LogP contribution < -0.4 is 10.2 Å². The number of nitrogens with one attached hydrogen (secondary N) is 1. The number of rotatable bonds is 4. The predicted molar refractivity (Wildman–Crippen MR) is 105 cm³/mol. The van der Waals surface area contributed by atoms with Gasteiger partial charge in [0.2, 0.25) is 5.91 Å². The molecule has 0 unspecified atom stereocenters. The van der Waals surface area contributed by atoms with E-state index in [9.17, 15) is 22.8 Å². The van der Waals surface area contributed by atoms with Crippen LogP contribution in [0.1, 0.15) is 28.3 Å². The largest absolute Gasteiger partial charge is 0.465 e. The molecule has 3 aromatic rings. The van der Waals surface area contributed by atoms with Crippen molar-refractivity contribution in [3.63, 3.8) is 0 Å². The first-order valence-electron chi connectivity index (χ1n) is 9.29. The van der Waals surface area contributed by atoms with E-state index in [0.29, 0.717) is 46.8 Å². The van der Waals surface area contributed by atoms with Crippen molar-refractivity contribution >= 4 is 40.4 Å². The maximum absolute atomic E-state index is 13.1. The zero-order valence-corrected chi connectivity index (χ0v) is 17.0. The van der Waals surface area contributed by atoms with Gasteiger partial charge in [-0.05, 0) is 36.4 Å². The van der Waals surface area contributed by atoms with Crippen molar-refractivity contribution < 1.29 is 27.5 Å². The van der Waals surface area contributed by atoms with Gasteiger partial charge in [-0.1, -0.05) is 0 Å². The highest BCUT2D eigenvalue weighted by Crippen LogP contribution is 2.29. The van der Waals surface area contributed by atoms with Crippen LogP contribution in [0.3, 0.4) is 0 Å². The molecule has 0 aromatic carbocycles. The molecule has 0 radical (unpaired) electrons. The number of thiophene rings is 1. The van der Waals surface area contributed by atoms with Crippen molar-refractivity contribution in [1.29, 1.82) is 0 Å². The smallest absolute Gasteiger partial charge is 0.453 e. The van der Waals surface area contributed by atoms with E-state index in [-0.39, 0.29) is 17.5 Å². The zero-order chi connectivity index (χ0) is 22.2. The van der Waals surface area contributed by atoms with Gasteiger partial charge in [0.25, 0.3) is 5.82 Å². The van der Waals surface area contributed by atoms with Gasteiger partial charge < -0.3 is 15.0 Å². The summed E-state index contributed by atoms with van der Waals surface area (Å²) in [4.78, 5) is 26.5. The summed E-state index contributed by atoms with van der Waals surface area (Å²) in [6.45, 7) is 0.876. The number of ether oxygens (including phenoxy) is 1. The molecule has 1 aliphatic heterocycles. The fourth-order valence-electron chi connectivity index (χ4n) is 3.39. The van der Waals surface area contributed by atoms with Crippen molar-refractivity contribution in [2.75, 3.05) is 30.4 Å². The molecule has 1 saturated heterocycles. The number of nitrogens with zero attached hydrogens (tertiary/aromatic N) is 5. The number of fused-ring (bicyclic) bond motifs is 1. The maximum Gasteiger partial charge on any atom is 0.453 e. The highest BCUT2D eigenvalue weighted by molar-refractivity contribution is 7.12. The summed E-state index contributed by atoms with van der Waals surface area (Å²) in [5, 5.41) is 15.2. The Morgan fingerprint density at radius 1 is 1.19 bits per heavy atom. The van der Waals surface area contributed by atoms with Gasteiger partial charge in [0.05, 0.1) is 12.8 Å². The number of amides is 1. The number of carbonyl (C=O) groups is 2. The third kappa shape index (κ3) is 4.17. The van der Waals surface area contributed by atoms with E-state index in [1.54, 1.807) is 17.5 Å². The molecule has 0 bridgehead atoms. The highest BCUT2D eigenvalue weighted by atomic mass is 32.1. The summed E-state index contributed by atoms with van der Waals surface area (Å²) >= 11 is 1.17. The third-order valence-electron chi connectivity index (χ3n) is 4.99. The lowest BCUT2D eigenvalue weighted by Crippen LogP contribution is -2.38. The fraction of sp³-hybridized carbons (Fsp3) is 0.389. The average Bonchev–Trinajstić information content (AvgIpc) is 3.39. The van der Waals surface area contributed by atoms with E-state index >= 15 is 0 Å². The van der Waals surface area contributed by atoms with Crippen LogP contribution in [-0.2, 0) is 15.7 Å². The van der Waals surface area contributed by atoms with E-state index in [4.69, 9.17) is 4.74 Å². The molecule has 164 valence electrons. The summed E-state index contributed by atoms with van der Waals surface area (Å²) in [5.41, 5.74) is 0.409. The molecule has 0 spiro atoms. The number of methoxy groups -OCH3 is 1. The quantitative estimate of drug-likeness (QED) is 0.605. The topological polar surface area (TPSA) is 102 Å². The Hall–Kier alpha value is -3.22. The Balaban J connectivity index is 1.42. The van der Waals surface area contributed by atoms with Crippen molar-refractivity contribution in [2.24, 2.45) is 5.92 Å². The van der Waals surface area contributed by atoms with E-state index in [2.05, 4.69) is 20.6 Å². The van der Waals surface area contributed by atoms with Gasteiger partial charge in [0.1, 0.15) is 10.7 Å². The number of hydrogen-bond donors (Lipinski definition) is 1. The highest BCUT2D eigenvalue weighted by Gasteiger charge is 2.38. The molecule has 0 saturated carbocycles. The molecule has 1 fully saturated rings. The first-order chi connectivity index (χ1) is 14.8. The van der Waals surface area contributed by atoms with E-state index in [1.165, 1.54) is 24.5 Å². The first kappa shape index (κ1) is 21.0. The summed E-state index contributed by atoms with van der Waals surface area (Å²) in [7, 11) is 1.27. The van der Waals surface area contributed by atoms with Crippen molar-refractivity contribution in [2.45, 2.75) is 19.0 Å². The normalized spacial score (nSPS) is 15.3. The standard InChI is InChI=1S/C18H17F3N6O3S/c1-30-16(29)14-11(6-9-31-14)22-15(28)10-4-7-26(8-5-10)13-3-2-12-23-24-17(18(19,20)21)27(12)25-13/h2-3,6,9-10H,4-5,7-8H2,1H3,(H,22,28). The number of esters is 1. The second-order valence-electron chi connectivity index (χ2n) is 6.89. The molecular weight excluding hydrogens is 437 g/mol. The van der Waals surface area contributed by atoms with Crippen LogP contribution in [0.2, 0.25) is 0 Å². The Morgan fingerprint density at radius 3 is 2.61 bits per heavy atom. The van der Waals surface area contributed by atoms with Crippen molar-refractivity contribution in [3.8, 4) is 0 Å². The SMILES string of the molecule is COC(=O)c1sccc1NC(=O)C1CCN(c2ccc3nnc(C(F)(F)F)n3n2)CC1. The molecule has 0 aliphatic carbocycles. The van der Waals surface area contributed by atoms with Gasteiger partial charge in [-0.15, -0.1) is 26.6 Å². The molecule has 9 nitrogen and oxygen atoms in total. The lowest BCUT2D eigenvalue weighted by molar-refractivity contribution is -0.146. The molecule has 4 rings (SSSR count). The molecule has 31 heavy (non-hydrogen) atoms. The number of carbonyl (C=O) groups excluding carboxylic acids is 2. The molecule has 1 N–H and O–H groups in total. The van der Waals surface area contributed by atoms with Gasteiger partial charge >= 0.3 is 12.1 Å². The summed E-state index contributed by atoms with van der Waals surface area (Å²) in [6, 6.07) is 4.65. The molecule has 1 amide bonds. The Bertz CT molecular complexity index is 1120. The van der Waals surface area contributed by atoms with Crippen LogP contribution in [0.5, 0.6) is 0 Å². The van der Waals surface area contributed by atoms with Crippen LogP contribution in [0.15, 0.2) is 23.6 Å². The van der Waals surface area contributed by atoms with Crippen molar-refractivity contribution in [3.05, 3.63) is 34.3 Å². The summed E-state index contributed by atoms with van der Waals surface area (Å²) in [5.74, 6) is -1.87. The number of anilines is 2. The number of alkyl halides is 3.